The van der Waals surface area contributed by atoms with E-state index in [1.807, 2.05) is 37.3 Å². The minimum Gasteiger partial charge on any atom is -0.490 e. The van der Waals surface area contributed by atoms with E-state index < -0.39 is 0 Å². The molecule has 0 bridgehead atoms. The number of hydrogen-bond acceptors (Lipinski definition) is 3. The molecule has 2 rings (SSSR count). The van der Waals surface area contributed by atoms with Gasteiger partial charge in [0.1, 0.15) is 12.4 Å². The van der Waals surface area contributed by atoms with Gasteiger partial charge in [-0.1, -0.05) is 45.8 Å². The second kappa shape index (κ2) is 8.70. The third-order valence-corrected chi connectivity index (χ3v) is 3.80. The van der Waals surface area contributed by atoms with E-state index in [9.17, 15) is 4.79 Å². The van der Waals surface area contributed by atoms with Gasteiger partial charge in [0.2, 0.25) is 0 Å². The molecule has 0 fully saturated rings. The maximum Gasteiger partial charge on any atom is 0.255 e. The maximum absolute atomic E-state index is 12.4. The number of ether oxygens (including phenoxy) is 2. The second-order valence-electron chi connectivity index (χ2n) is 5.15. The van der Waals surface area contributed by atoms with Gasteiger partial charge in [-0.3, -0.25) is 4.79 Å². The van der Waals surface area contributed by atoms with Crippen LogP contribution in [0.15, 0.2) is 46.9 Å². The van der Waals surface area contributed by atoms with Crippen molar-refractivity contribution in [1.82, 2.24) is 5.32 Å². The molecule has 4 nitrogen and oxygen atoms in total. The molecule has 5 heteroatoms. The molecule has 0 saturated heterocycles. The van der Waals surface area contributed by atoms with Gasteiger partial charge in [0.25, 0.3) is 5.91 Å². The molecule has 0 aliphatic rings. The molecule has 1 N–H and O–H groups in total. The molecule has 23 heavy (non-hydrogen) atoms. The van der Waals surface area contributed by atoms with Crippen LogP contribution in [0, 0.1) is 6.92 Å². The van der Waals surface area contributed by atoms with Gasteiger partial charge in [-0.15, -0.1) is 0 Å². The van der Waals surface area contributed by atoms with Crippen LogP contribution in [0.5, 0.6) is 5.75 Å². The summed E-state index contributed by atoms with van der Waals surface area (Å²) < 4.78 is 11.4. The van der Waals surface area contributed by atoms with Crippen LogP contribution in [-0.4, -0.2) is 26.2 Å². The maximum atomic E-state index is 12.4. The van der Waals surface area contributed by atoms with Gasteiger partial charge in [0.05, 0.1) is 12.2 Å². The van der Waals surface area contributed by atoms with Crippen LogP contribution < -0.4 is 10.1 Å². The normalized spacial score (nSPS) is 10.4. The highest BCUT2D eigenvalue weighted by atomic mass is 79.9. The Labute approximate surface area is 144 Å². The van der Waals surface area contributed by atoms with Gasteiger partial charge >= 0.3 is 0 Å². The molecule has 0 spiro atoms. The van der Waals surface area contributed by atoms with Gasteiger partial charge in [-0.2, -0.15) is 0 Å². The highest BCUT2D eigenvalue weighted by Crippen LogP contribution is 2.23. The zero-order chi connectivity index (χ0) is 16.7. The number of carbonyl (C=O) groups is 1. The van der Waals surface area contributed by atoms with Crippen LogP contribution >= 0.6 is 15.9 Å². The van der Waals surface area contributed by atoms with Crippen molar-refractivity contribution >= 4 is 21.8 Å². The van der Waals surface area contributed by atoms with Crippen LogP contribution in [0.2, 0.25) is 0 Å². The monoisotopic (exact) mass is 377 g/mol. The van der Waals surface area contributed by atoms with E-state index in [0.717, 1.165) is 10.0 Å². The Bertz CT molecular complexity index is 656. The lowest BCUT2D eigenvalue weighted by atomic mass is 10.1. The molecule has 2 aromatic rings. The molecular weight excluding hydrogens is 358 g/mol. The fourth-order valence-corrected chi connectivity index (χ4v) is 2.39. The largest absolute Gasteiger partial charge is 0.490 e. The number of halogens is 1. The lowest BCUT2D eigenvalue weighted by Gasteiger charge is -2.12. The highest BCUT2D eigenvalue weighted by molar-refractivity contribution is 9.10. The molecule has 0 atom stereocenters. The molecule has 1 amide bonds. The van der Waals surface area contributed by atoms with Gasteiger partial charge in [0.15, 0.2) is 0 Å². The first kappa shape index (κ1) is 17.5. The Morgan fingerprint density at radius 2 is 1.87 bits per heavy atom. The van der Waals surface area contributed by atoms with Gasteiger partial charge in [-0.05, 0) is 30.7 Å². The Morgan fingerprint density at radius 3 is 2.57 bits per heavy atom. The highest BCUT2D eigenvalue weighted by Gasteiger charge is 2.13. The molecule has 0 aromatic heterocycles. The third kappa shape index (κ3) is 5.37. The number of methoxy groups -OCH3 is 1. The van der Waals surface area contributed by atoms with E-state index in [4.69, 9.17) is 9.47 Å². The van der Waals surface area contributed by atoms with E-state index in [2.05, 4.69) is 21.2 Å². The zero-order valence-electron chi connectivity index (χ0n) is 13.3. The SMILES string of the molecule is COCCOc1ccc(Br)cc1C(=O)NCc1ccc(C)cc1. The molecule has 0 radical (unpaired) electrons. The third-order valence-electron chi connectivity index (χ3n) is 3.30. The summed E-state index contributed by atoms with van der Waals surface area (Å²) in [5.41, 5.74) is 2.75. The number of carbonyl (C=O) groups excluding carboxylic acids is 1. The summed E-state index contributed by atoms with van der Waals surface area (Å²) in [6.45, 7) is 3.38. The number of aryl methyl sites for hydroxylation is 1. The molecule has 2 aromatic carbocycles. The number of amides is 1. The zero-order valence-corrected chi connectivity index (χ0v) is 14.9. The Kier molecular flexibility index (Phi) is 6.62. The van der Waals surface area contributed by atoms with Crippen LogP contribution in [0.25, 0.3) is 0 Å². The summed E-state index contributed by atoms with van der Waals surface area (Å²) in [5, 5.41) is 2.92. The lowest BCUT2D eigenvalue weighted by Crippen LogP contribution is -2.23. The summed E-state index contributed by atoms with van der Waals surface area (Å²) in [5.74, 6) is 0.381. The number of hydrogen-bond donors (Lipinski definition) is 1. The van der Waals surface area contributed by atoms with E-state index in [1.54, 1.807) is 19.2 Å². The Morgan fingerprint density at radius 1 is 1.13 bits per heavy atom. The lowest BCUT2D eigenvalue weighted by molar-refractivity contribution is 0.0943. The molecule has 0 heterocycles. The van der Waals surface area contributed by atoms with Crippen molar-refractivity contribution in [2.45, 2.75) is 13.5 Å². The second-order valence-corrected chi connectivity index (χ2v) is 6.07. The quantitative estimate of drug-likeness (QED) is 0.748. The predicted octanol–water partition coefficient (Wildman–Crippen LogP) is 3.71. The standard InChI is InChI=1S/C18H20BrNO3/c1-13-3-5-14(6-4-13)12-20-18(21)16-11-15(19)7-8-17(16)23-10-9-22-2/h3-8,11H,9-10,12H2,1-2H3,(H,20,21). The summed E-state index contributed by atoms with van der Waals surface area (Å²) in [7, 11) is 1.61. The minimum absolute atomic E-state index is 0.167. The summed E-state index contributed by atoms with van der Waals surface area (Å²) in [6.07, 6.45) is 0. The van der Waals surface area contributed by atoms with Crippen molar-refractivity contribution in [3.8, 4) is 5.75 Å². The first-order valence-electron chi connectivity index (χ1n) is 7.35. The fourth-order valence-electron chi connectivity index (χ4n) is 2.02. The summed E-state index contributed by atoms with van der Waals surface area (Å²) in [6, 6.07) is 13.4. The topological polar surface area (TPSA) is 47.6 Å². The van der Waals surface area contributed by atoms with Gasteiger partial charge in [0, 0.05) is 18.1 Å². The average Bonchev–Trinajstić information content (AvgIpc) is 2.55. The van der Waals surface area contributed by atoms with Crippen LogP contribution in [0.3, 0.4) is 0 Å². The first-order valence-corrected chi connectivity index (χ1v) is 8.14. The molecule has 0 aliphatic heterocycles. The van der Waals surface area contributed by atoms with Crippen molar-refractivity contribution in [3.05, 3.63) is 63.6 Å². The van der Waals surface area contributed by atoms with Crippen molar-refractivity contribution in [2.75, 3.05) is 20.3 Å². The number of nitrogens with one attached hydrogen (secondary N) is 1. The van der Waals surface area contributed by atoms with Gasteiger partial charge in [-0.25, -0.2) is 0 Å². The van der Waals surface area contributed by atoms with Crippen molar-refractivity contribution in [1.29, 1.82) is 0 Å². The van der Waals surface area contributed by atoms with Crippen molar-refractivity contribution in [2.24, 2.45) is 0 Å². The Hall–Kier alpha value is -1.85. The minimum atomic E-state index is -0.167. The number of rotatable bonds is 7. The smallest absolute Gasteiger partial charge is 0.255 e. The molecule has 0 saturated carbocycles. The van der Waals surface area contributed by atoms with Crippen molar-refractivity contribution < 1.29 is 14.3 Å². The molecule has 0 unspecified atom stereocenters. The average molecular weight is 378 g/mol. The van der Waals surface area contributed by atoms with Crippen molar-refractivity contribution in [3.63, 3.8) is 0 Å². The first-order chi connectivity index (χ1) is 11.1. The van der Waals surface area contributed by atoms with E-state index in [0.29, 0.717) is 31.1 Å². The van der Waals surface area contributed by atoms with Gasteiger partial charge < -0.3 is 14.8 Å². The van der Waals surface area contributed by atoms with E-state index >= 15 is 0 Å². The molecule has 0 aliphatic carbocycles. The molecular formula is C18H20BrNO3. The van der Waals surface area contributed by atoms with E-state index in [1.165, 1.54) is 5.56 Å². The summed E-state index contributed by atoms with van der Waals surface area (Å²) in [4.78, 5) is 12.4. The number of benzene rings is 2. The molecule has 122 valence electrons. The van der Waals surface area contributed by atoms with Crippen LogP contribution in [0.1, 0.15) is 21.5 Å². The van der Waals surface area contributed by atoms with E-state index in [-0.39, 0.29) is 5.91 Å². The summed E-state index contributed by atoms with van der Waals surface area (Å²) >= 11 is 3.39. The predicted molar refractivity (Wildman–Crippen MR) is 93.9 cm³/mol. The van der Waals surface area contributed by atoms with Crippen LogP contribution in [0.4, 0.5) is 0 Å². The fraction of sp³-hybridized carbons (Fsp3) is 0.278. The van der Waals surface area contributed by atoms with Crippen LogP contribution in [-0.2, 0) is 11.3 Å². The Balaban J connectivity index is 2.05.